The summed E-state index contributed by atoms with van der Waals surface area (Å²) >= 11 is 6.26. The number of allylic oxidation sites excluding steroid dienone is 2. The number of rotatable bonds is 4. The lowest BCUT2D eigenvalue weighted by Crippen LogP contribution is -2.50. The van der Waals surface area contributed by atoms with Gasteiger partial charge < -0.3 is 10.1 Å². The third-order valence-corrected chi connectivity index (χ3v) is 5.69. The molecule has 1 aliphatic heterocycles. The molecule has 1 N–H and O–H groups in total. The highest BCUT2D eigenvalue weighted by molar-refractivity contribution is 7.91. The van der Waals surface area contributed by atoms with Crippen molar-refractivity contribution in [3.05, 3.63) is 60.2 Å². The second-order valence-electron chi connectivity index (χ2n) is 5.31. The van der Waals surface area contributed by atoms with E-state index >= 15 is 0 Å². The quantitative estimate of drug-likeness (QED) is 0.901. The first-order valence-corrected chi connectivity index (χ1v) is 9.35. The van der Waals surface area contributed by atoms with E-state index in [1.54, 1.807) is 55.8 Å². The van der Waals surface area contributed by atoms with Crippen LogP contribution < -0.4 is 10.1 Å². The smallest absolute Gasteiger partial charge is 0.239 e. The minimum Gasteiger partial charge on any atom is -0.497 e. The molecule has 24 heavy (non-hydrogen) atoms. The topological polar surface area (TPSA) is 73.2 Å². The molecule has 1 aromatic carbocycles. The van der Waals surface area contributed by atoms with E-state index in [-0.39, 0.29) is 5.15 Å². The molecule has 2 aromatic rings. The second-order valence-corrected chi connectivity index (χ2v) is 7.84. The van der Waals surface area contributed by atoms with Gasteiger partial charge in [0.05, 0.1) is 19.1 Å². The summed E-state index contributed by atoms with van der Waals surface area (Å²) in [5.41, 5.74) is 1.23. The fourth-order valence-corrected chi connectivity index (χ4v) is 3.95. The number of hydrogen-bond donors (Lipinski definition) is 1. The number of methoxy groups -OCH3 is 1. The Balaban J connectivity index is 2.22. The lowest BCUT2D eigenvalue weighted by atomic mass is 10.1. The van der Waals surface area contributed by atoms with Crippen molar-refractivity contribution in [2.24, 2.45) is 0 Å². The van der Waals surface area contributed by atoms with E-state index in [1.165, 1.54) is 10.9 Å². The van der Waals surface area contributed by atoms with Gasteiger partial charge in [-0.3, -0.25) is 4.57 Å². The third kappa shape index (κ3) is 2.59. The Bertz CT molecular complexity index is 917. The van der Waals surface area contributed by atoms with Gasteiger partial charge in [0.1, 0.15) is 5.75 Å². The van der Waals surface area contributed by atoms with Crippen molar-refractivity contribution in [1.82, 2.24) is 14.9 Å². The second kappa shape index (κ2) is 5.99. The number of imidazole rings is 1. The van der Waals surface area contributed by atoms with E-state index in [0.717, 1.165) is 11.8 Å². The molecule has 3 rings (SSSR count). The molecule has 0 bridgehead atoms. The molecule has 1 atom stereocenters. The Morgan fingerprint density at radius 1 is 1.25 bits per heavy atom. The highest BCUT2D eigenvalue weighted by Gasteiger charge is 2.42. The van der Waals surface area contributed by atoms with E-state index in [2.05, 4.69) is 10.3 Å². The molecule has 1 aliphatic rings. The summed E-state index contributed by atoms with van der Waals surface area (Å²) in [6.45, 7) is 0. The molecule has 2 heterocycles. The average Bonchev–Trinajstić information content (AvgIpc) is 2.96. The first kappa shape index (κ1) is 16.6. The molecule has 126 valence electrons. The van der Waals surface area contributed by atoms with Crippen LogP contribution in [0.1, 0.15) is 0 Å². The van der Waals surface area contributed by atoms with Crippen molar-refractivity contribution in [1.29, 1.82) is 0 Å². The summed E-state index contributed by atoms with van der Waals surface area (Å²) in [5, 5.41) is 3.13. The zero-order chi connectivity index (χ0) is 17.4. The summed E-state index contributed by atoms with van der Waals surface area (Å²) in [7, 11) is -2.00. The number of dihydropyridines is 1. The van der Waals surface area contributed by atoms with Crippen molar-refractivity contribution >= 4 is 21.4 Å². The Hall–Kier alpha value is -2.25. The van der Waals surface area contributed by atoms with Crippen LogP contribution in [0.2, 0.25) is 5.15 Å². The van der Waals surface area contributed by atoms with Gasteiger partial charge >= 0.3 is 0 Å². The maximum Gasteiger partial charge on any atom is 0.239 e. The van der Waals surface area contributed by atoms with Crippen molar-refractivity contribution < 1.29 is 13.2 Å². The molecule has 1 unspecified atom stereocenters. The molecule has 0 aliphatic carbocycles. The zero-order valence-electron chi connectivity index (χ0n) is 13.1. The number of benzene rings is 1. The molecule has 1 aromatic heterocycles. The highest BCUT2D eigenvalue weighted by Crippen LogP contribution is 2.35. The van der Waals surface area contributed by atoms with Crippen molar-refractivity contribution in [2.45, 2.75) is 4.99 Å². The monoisotopic (exact) mass is 365 g/mol. The average molecular weight is 366 g/mol. The number of ether oxygens (including phenoxy) is 1. The minimum atomic E-state index is -3.58. The van der Waals surface area contributed by atoms with Gasteiger partial charge in [0.2, 0.25) is 4.99 Å². The number of hydrogen-bond acceptors (Lipinski definition) is 5. The molecule has 0 spiro atoms. The van der Waals surface area contributed by atoms with Crippen LogP contribution in [0.15, 0.2) is 55.0 Å². The van der Waals surface area contributed by atoms with Gasteiger partial charge in [0.15, 0.2) is 15.0 Å². The summed E-state index contributed by atoms with van der Waals surface area (Å²) in [6.07, 6.45) is 9.10. The first-order valence-electron chi connectivity index (χ1n) is 7.08. The van der Waals surface area contributed by atoms with Crippen LogP contribution in [0.4, 0.5) is 0 Å². The first-order chi connectivity index (χ1) is 11.4. The molecule has 0 radical (unpaired) electrons. The van der Waals surface area contributed by atoms with Crippen molar-refractivity contribution in [3.8, 4) is 17.0 Å². The zero-order valence-corrected chi connectivity index (χ0v) is 14.7. The fraction of sp³-hybridized carbons (Fsp3) is 0.188. The van der Waals surface area contributed by atoms with Crippen LogP contribution >= 0.6 is 11.6 Å². The normalized spacial score (nSPS) is 20.0. The molecule has 6 nitrogen and oxygen atoms in total. The molecular weight excluding hydrogens is 350 g/mol. The Labute approximate surface area is 145 Å². The maximum absolute atomic E-state index is 12.5. The van der Waals surface area contributed by atoms with Gasteiger partial charge in [-0.1, -0.05) is 17.7 Å². The number of sulfone groups is 1. The summed E-state index contributed by atoms with van der Waals surface area (Å²) in [4.78, 5) is 2.62. The molecular formula is C16H16ClN3O3S. The summed E-state index contributed by atoms with van der Waals surface area (Å²) < 4.78 is 31.8. The van der Waals surface area contributed by atoms with Crippen LogP contribution in [0.5, 0.6) is 5.75 Å². The number of nitrogens with one attached hydrogen (secondary N) is 1. The van der Waals surface area contributed by atoms with Gasteiger partial charge in [0.25, 0.3) is 0 Å². The van der Waals surface area contributed by atoms with Crippen LogP contribution in [-0.4, -0.2) is 31.3 Å². The van der Waals surface area contributed by atoms with Crippen LogP contribution in [0.25, 0.3) is 11.3 Å². The van der Waals surface area contributed by atoms with Gasteiger partial charge in [-0.2, -0.15) is 0 Å². The number of aromatic nitrogens is 2. The van der Waals surface area contributed by atoms with Crippen LogP contribution in [0, 0.1) is 0 Å². The molecule has 0 saturated carbocycles. The largest absolute Gasteiger partial charge is 0.497 e. The van der Waals surface area contributed by atoms with E-state index in [4.69, 9.17) is 16.3 Å². The van der Waals surface area contributed by atoms with Crippen molar-refractivity contribution in [2.75, 3.05) is 13.4 Å². The van der Waals surface area contributed by atoms with Gasteiger partial charge in [-0.15, -0.1) is 0 Å². The Morgan fingerprint density at radius 3 is 2.50 bits per heavy atom. The standard InChI is InChI=1S/C16H16ClN3O3S/c1-23-13-7-5-12(6-8-13)14-15(17)18-11-20(14)16(24(2,21)22)9-3-4-10-19-16/h3-11,19H,1-2H3. The van der Waals surface area contributed by atoms with E-state index < -0.39 is 14.8 Å². The predicted octanol–water partition coefficient (Wildman–Crippen LogP) is 2.54. The lowest BCUT2D eigenvalue weighted by Gasteiger charge is -2.33. The van der Waals surface area contributed by atoms with Gasteiger partial charge in [-0.05, 0) is 42.6 Å². The van der Waals surface area contributed by atoms with Crippen LogP contribution in [0.3, 0.4) is 0 Å². The van der Waals surface area contributed by atoms with E-state index in [9.17, 15) is 8.42 Å². The van der Waals surface area contributed by atoms with Gasteiger partial charge in [-0.25, -0.2) is 13.4 Å². The SMILES string of the molecule is COc1ccc(-c2c(Cl)ncn2C2(S(C)(=O)=O)C=CC=CN2)cc1. The fourth-order valence-electron chi connectivity index (χ4n) is 2.60. The minimum absolute atomic E-state index is 0.216. The van der Waals surface area contributed by atoms with Crippen molar-refractivity contribution in [3.63, 3.8) is 0 Å². The lowest BCUT2D eigenvalue weighted by molar-refractivity contribution is 0.415. The van der Waals surface area contributed by atoms with Gasteiger partial charge in [0, 0.05) is 11.8 Å². The molecule has 0 fully saturated rings. The summed E-state index contributed by atoms with van der Waals surface area (Å²) in [5.74, 6) is 0.692. The number of nitrogens with zero attached hydrogens (tertiary/aromatic N) is 2. The van der Waals surface area contributed by atoms with E-state index in [0.29, 0.717) is 11.4 Å². The molecule has 0 saturated heterocycles. The highest BCUT2D eigenvalue weighted by atomic mass is 35.5. The third-order valence-electron chi connectivity index (χ3n) is 3.83. The Morgan fingerprint density at radius 2 is 1.96 bits per heavy atom. The summed E-state index contributed by atoms with van der Waals surface area (Å²) in [6, 6.07) is 7.16. The maximum atomic E-state index is 12.5. The molecule has 0 amide bonds. The Kier molecular flexibility index (Phi) is 4.15. The molecule has 8 heteroatoms. The predicted molar refractivity (Wildman–Crippen MR) is 93.5 cm³/mol. The van der Waals surface area contributed by atoms with Crippen LogP contribution in [-0.2, 0) is 14.8 Å². The van der Waals surface area contributed by atoms with E-state index in [1.807, 2.05) is 0 Å². The number of halogens is 1.